The van der Waals surface area contributed by atoms with Gasteiger partial charge in [-0.15, -0.1) is 0 Å². The monoisotopic (exact) mass is 528 g/mol. The number of hydrogen-bond acceptors (Lipinski definition) is 5. The number of carbonyl (C=O) groups excluding carboxylic acids is 2. The average molecular weight is 529 g/mol. The van der Waals surface area contributed by atoms with Crippen LogP contribution >= 0.6 is 0 Å². The molecule has 39 heavy (non-hydrogen) atoms. The predicted molar refractivity (Wildman–Crippen MR) is 154 cm³/mol. The van der Waals surface area contributed by atoms with E-state index in [2.05, 4.69) is 35.4 Å². The molecule has 1 amide bonds. The van der Waals surface area contributed by atoms with Crippen LogP contribution in [0.5, 0.6) is 5.75 Å². The molecular weight excluding hydrogens is 488 g/mol. The van der Waals surface area contributed by atoms with Gasteiger partial charge < -0.3 is 14.8 Å². The minimum absolute atomic E-state index is 0.104. The first-order valence-corrected chi connectivity index (χ1v) is 14.4. The summed E-state index contributed by atoms with van der Waals surface area (Å²) in [5.74, 6) is 2.38. The Labute approximate surface area is 231 Å². The van der Waals surface area contributed by atoms with E-state index >= 15 is 0 Å². The molecule has 2 fully saturated rings. The normalized spacial score (nSPS) is 20.8. The van der Waals surface area contributed by atoms with Crippen molar-refractivity contribution in [1.82, 2.24) is 4.98 Å². The smallest absolute Gasteiger partial charge is 0.337 e. The van der Waals surface area contributed by atoms with Crippen LogP contribution in [0.25, 0.3) is 10.8 Å². The van der Waals surface area contributed by atoms with Crippen LogP contribution in [-0.2, 0) is 9.53 Å². The Hall–Kier alpha value is -3.41. The predicted octanol–water partition coefficient (Wildman–Crippen LogP) is 7.59. The highest BCUT2D eigenvalue weighted by molar-refractivity contribution is 6.04. The summed E-state index contributed by atoms with van der Waals surface area (Å²) in [5.41, 5.74) is 2.74. The lowest BCUT2D eigenvalue weighted by atomic mass is 9.65. The number of fused-ring (bicyclic) bond motifs is 1. The number of benzene rings is 2. The Morgan fingerprint density at radius 2 is 1.74 bits per heavy atom. The van der Waals surface area contributed by atoms with Crippen molar-refractivity contribution in [3.63, 3.8) is 0 Å². The average Bonchev–Trinajstić information content (AvgIpc) is 2.97. The van der Waals surface area contributed by atoms with Crippen LogP contribution < -0.4 is 10.1 Å². The molecule has 5 rings (SSSR count). The van der Waals surface area contributed by atoms with Crippen molar-refractivity contribution in [3.05, 3.63) is 65.4 Å². The van der Waals surface area contributed by atoms with E-state index in [4.69, 9.17) is 9.47 Å². The van der Waals surface area contributed by atoms with Gasteiger partial charge in [-0.2, -0.15) is 0 Å². The second kappa shape index (κ2) is 11.8. The van der Waals surface area contributed by atoms with Crippen LogP contribution in [0.1, 0.15) is 91.6 Å². The highest BCUT2D eigenvalue weighted by atomic mass is 16.5. The molecule has 0 saturated heterocycles. The number of pyridine rings is 1. The Morgan fingerprint density at radius 3 is 2.44 bits per heavy atom. The van der Waals surface area contributed by atoms with E-state index < -0.39 is 0 Å². The fourth-order valence-corrected chi connectivity index (χ4v) is 6.92. The van der Waals surface area contributed by atoms with Gasteiger partial charge in [0.15, 0.2) is 0 Å². The number of ether oxygens (including phenoxy) is 2. The third-order valence-electron chi connectivity index (χ3n) is 9.13. The molecule has 6 heteroatoms. The zero-order valence-corrected chi connectivity index (χ0v) is 23.4. The number of amides is 1. The van der Waals surface area contributed by atoms with Gasteiger partial charge in [-0.05, 0) is 111 Å². The van der Waals surface area contributed by atoms with Gasteiger partial charge in [0.05, 0.1) is 19.8 Å². The van der Waals surface area contributed by atoms with Crippen LogP contribution in [0.3, 0.4) is 0 Å². The van der Waals surface area contributed by atoms with Gasteiger partial charge in [0, 0.05) is 17.0 Å². The van der Waals surface area contributed by atoms with E-state index in [0.29, 0.717) is 23.2 Å². The Bertz CT molecular complexity index is 1340. The number of methoxy groups -OCH3 is 2. The molecule has 6 nitrogen and oxygen atoms in total. The first-order chi connectivity index (χ1) is 18.9. The summed E-state index contributed by atoms with van der Waals surface area (Å²) in [7, 11) is 3.10. The Morgan fingerprint density at radius 1 is 0.974 bits per heavy atom. The van der Waals surface area contributed by atoms with E-state index in [-0.39, 0.29) is 17.3 Å². The number of aromatic nitrogens is 1. The van der Waals surface area contributed by atoms with E-state index in [1.807, 2.05) is 12.1 Å². The number of nitrogens with one attached hydrogen (secondary N) is 1. The van der Waals surface area contributed by atoms with Crippen LogP contribution in [-0.4, -0.2) is 31.1 Å². The van der Waals surface area contributed by atoms with Gasteiger partial charge in [0.25, 0.3) is 0 Å². The topological polar surface area (TPSA) is 77.5 Å². The molecule has 0 aliphatic heterocycles. The quantitative estimate of drug-likeness (QED) is 0.320. The standard InChI is InChI=1S/C33H40N2O4/c1-22-19-25(12-14-29(22)38-2)24-9-7-23(8-10-24)21-33(16-5-4-6-17-33)32(37)35-30-28-13-11-27(31(36)39-3)20-26(28)15-18-34-30/h11-15,18-20,23-24H,4-10,16-17,21H2,1-3H3,(H,34,35,37)/t23-,24-. The van der Waals surface area contributed by atoms with Crippen molar-refractivity contribution in [1.29, 1.82) is 0 Å². The van der Waals surface area contributed by atoms with E-state index in [1.54, 1.807) is 25.4 Å². The fourth-order valence-electron chi connectivity index (χ4n) is 6.92. The molecule has 1 N–H and O–H groups in total. The molecule has 0 atom stereocenters. The molecule has 1 heterocycles. The molecule has 0 spiro atoms. The summed E-state index contributed by atoms with van der Waals surface area (Å²) < 4.78 is 10.3. The summed E-state index contributed by atoms with van der Waals surface area (Å²) in [6.45, 7) is 2.11. The lowest BCUT2D eigenvalue weighted by molar-refractivity contribution is -0.129. The highest BCUT2D eigenvalue weighted by Gasteiger charge is 2.42. The maximum Gasteiger partial charge on any atom is 0.337 e. The zero-order valence-electron chi connectivity index (χ0n) is 23.4. The second-order valence-corrected chi connectivity index (χ2v) is 11.5. The molecule has 2 aromatic carbocycles. The first-order valence-electron chi connectivity index (χ1n) is 14.4. The summed E-state index contributed by atoms with van der Waals surface area (Å²) >= 11 is 0. The fraction of sp³-hybridized carbons (Fsp3) is 0.485. The van der Waals surface area contributed by atoms with Crippen molar-refractivity contribution >= 4 is 28.5 Å². The minimum atomic E-state index is -0.377. The van der Waals surface area contributed by atoms with Crippen LogP contribution in [0, 0.1) is 18.3 Å². The summed E-state index contributed by atoms with van der Waals surface area (Å²) in [6.07, 6.45) is 12.6. The summed E-state index contributed by atoms with van der Waals surface area (Å²) in [4.78, 5) is 30.5. The van der Waals surface area contributed by atoms with Gasteiger partial charge in [0.1, 0.15) is 11.6 Å². The third kappa shape index (κ3) is 5.80. The maximum atomic E-state index is 14.0. The number of rotatable bonds is 7. The lowest BCUT2D eigenvalue weighted by Gasteiger charge is -2.40. The third-order valence-corrected chi connectivity index (χ3v) is 9.13. The van der Waals surface area contributed by atoms with Gasteiger partial charge in [-0.25, -0.2) is 9.78 Å². The van der Waals surface area contributed by atoms with Gasteiger partial charge in [0.2, 0.25) is 5.91 Å². The maximum absolute atomic E-state index is 14.0. The van der Waals surface area contributed by atoms with Gasteiger partial charge >= 0.3 is 5.97 Å². The Balaban J connectivity index is 1.29. The van der Waals surface area contributed by atoms with Crippen LogP contribution in [0.2, 0.25) is 0 Å². The molecule has 2 saturated carbocycles. The molecule has 2 aliphatic rings. The SMILES string of the molecule is COC(=O)c1ccc2c(NC(=O)C3(C[C@H]4CC[C@H](c5ccc(OC)c(C)c5)CC4)CCCCC3)nccc2c1. The number of hydrogen-bond donors (Lipinski definition) is 1. The van der Waals surface area contributed by atoms with Crippen molar-refractivity contribution in [2.45, 2.75) is 77.0 Å². The van der Waals surface area contributed by atoms with E-state index in [9.17, 15) is 9.59 Å². The molecule has 2 aliphatic carbocycles. The largest absolute Gasteiger partial charge is 0.496 e. The van der Waals surface area contributed by atoms with Crippen molar-refractivity contribution in [3.8, 4) is 5.75 Å². The lowest BCUT2D eigenvalue weighted by Crippen LogP contribution is -2.40. The number of carbonyl (C=O) groups is 2. The number of esters is 1. The molecule has 206 valence electrons. The Kier molecular flexibility index (Phi) is 8.20. The van der Waals surface area contributed by atoms with Crippen molar-refractivity contribution < 1.29 is 19.1 Å². The van der Waals surface area contributed by atoms with Crippen molar-refractivity contribution in [2.75, 3.05) is 19.5 Å². The molecular formula is C33H40N2O4. The summed E-state index contributed by atoms with van der Waals surface area (Å²) in [5, 5.41) is 4.91. The summed E-state index contributed by atoms with van der Waals surface area (Å²) in [6, 6.07) is 13.8. The van der Waals surface area contributed by atoms with Crippen LogP contribution in [0.4, 0.5) is 5.82 Å². The molecule has 0 unspecified atom stereocenters. The zero-order chi connectivity index (χ0) is 27.4. The minimum Gasteiger partial charge on any atom is -0.496 e. The molecule has 3 aromatic rings. The van der Waals surface area contributed by atoms with E-state index in [0.717, 1.165) is 61.5 Å². The number of anilines is 1. The van der Waals surface area contributed by atoms with Gasteiger partial charge in [-0.3, -0.25) is 4.79 Å². The van der Waals surface area contributed by atoms with Crippen LogP contribution in [0.15, 0.2) is 48.7 Å². The molecule has 0 radical (unpaired) electrons. The van der Waals surface area contributed by atoms with Crippen molar-refractivity contribution in [2.24, 2.45) is 11.3 Å². The number of aryl methyl sites for hydroxylation is 1. The number of nitrogens with zero attached hydrogens (tertiary/aromatic N) is 1. The molecule has 0 bridgehead atoms. The van der Waals surface area contributed by atoms with Gasteiger partial charge in [-0.1, -0.05) is 31.4 Å². The second-order valence-electron chi connectivity index (χ2n) is 11.5. The van der Waals surface area contributed by atoms with E-state index in [1.165, 1.54) is 37.5 Å². The highest BCUT2D eigenvalue weighted by Crippen LogP contribution is 2.47. The first kappa shape index (κ1) is 27.2. The molecule has 1 aromatic heterocycles.